The third kappa shape index (κ3) is 3.92. The minimum Gasteiger partial charge on any atom is -0.411 e. The first kappa shape index (κ1) is 12.1. The van der Waals surface area contributed by atoms with Gasteiger partial charge in [0, 0.05) is 5.38 Å². The van der Waals surface area contributed by atoms with Crippen LogP contribution in [0.25, 0.3) is 0 Å². The molecule has 0 amide bonds. The summed E-state index contributed by atoms with van der Waals surface area (Å²) in [5.74, 6) is 0. The lowest BCUT2D eigenvalue weighted by Gasteiger charge is -2.09. The van der Waals surface area contributed by atoms with Crippen LogP contribution in [-0.4, -0.2) is 16.8 Å². The lowest BCUT2D eigenvalue weighted by atomic mass is 10.0. The van der Waals surface area contributed by atoms with Gasteiger partial charge < -0.3 is 5.21 Å². The van der Waals surface area contributed by atoms with Crippen LogP contribution < -0.4 is 0 Å². The topological polar surface area (TPSA) is 32.6 Å². The van der Waals surface area contributed by atoms with Crippen molar-refractivity contribution in [1.29, 1.82) is 0 Å². The van der Waals surface area contributed by atoms with Gasteiger partial charge >= 0.3 is 0 Å². The molecule has 82 valence electrons. The van der Waals surface area contributed by atoms with E-state index >= 15 is 0 Å². The summed E-state index contributed by atoms with van der Waals surface area (Å²) < 4.78 is 0. The second-order valence-corrected chi connectivity index (χ2v) is 4.15. The molecule has 1 unspecified atom stereocenters. The van der Waals surface area contributed by atoms with Crippen molar-refractivity contribution in [2.24, 2.45) is 5.16 Å². The zero-order chi connectivity index (χ0) is 11.1. The van der Waals surface area contributed by atoms with Gasteiger partial charge in [0.2, 0.25) is 0 Å². The van der Waals surface area contributed by atoms with E-state index in [1.807, 2.05) is 24.3 Å². The fourth-order valence-electron chi connectivity index (χ4n) is 1.56. The lowest BCUT2D eigenvalue weighted by Crippen LogP contribution is -2.05. The molecule has 3 heteroatoms. The van der Waals surface area contributed by atoms with Gasteiger partial charge in [0.15, 0.2) is 0 Å². The maximum Gasteiger partial charge on any atom is 0.0736 e. The van der Waals surface area contributed by atoms with Crippen molar-refractivity contribution in [3.63, 3.8) is 0 Å². The van der Waals surface area contributed by atoms with Crippen molar-refractivity contribution in [1.82, 2.24) is 0 Å². The lowest BCUT2D eigenvalue weighted by molar-refractivity contribution is 0.322. The molecule has 0 aliphatic carbocycles. The molecule has 0 saturated carbocycles. The first-order valence-corrected chi connectivity index (χ1v) is 5.61. The summed E-state index contributed by atoms with van der Waals surface area (Å²) in [6.45, 7) is 2.12. The van der Waals surface area contributed by atoms with Gasteiger partial charge in [0.05, 0.1) is 6.21 Å². The maximum absolute atomic E-state index is 8.52. The Bertz CT molecular complexity index is 325. The third-order valence-electron chi connectivity index (χ3n) is 2.30. The predicted octanol–water partition coefficient (Wildman–Crippen LogP) is 3.44. The zero-order valence-electron chi connectivity index (χ0n) is 8.86. The fourth-order valence-corrected chi connectivity index (χ4v) is 1.95. The van der Waals surface area contributed by atoms with E-state index in [4.69, 9.17) is 16.8 Å². The highest BCUT2D eigenvalue weighted by Crippen LogP contribution is 2.15. The van der Waals surface area contributed by atoms with Crippen molar-refractivity contribution in [3.05, 3.63) is 35.4 Å². The van der Waals surface area contributed by atoms with E-state index in [2.05, 4.69) is 12.1 Å². The molecule has 2 nitrogen and oxygen atoms in total. The van der Waals surface area contributed by atoms with Crippen molar-refractivity contribution >= 4 is 17.8 Å². The molecular formula is C12H16ClNO. The molecule has 0 heterocycles. The fraction of sp³-hybridized carbons (Fsp3) is 0.417. The standard InChI is InChI=1S/C12H16ClNO/c1-2-5-12(13)8-10-6-3-4-7-11(10)9-14-15/h3-4,6-7,9,12,15H,2,5,8H2,1H3. The van der Waals surface area contributed by atoms with Gasteiger partial charge in [0.1, 0.15) is 0 Å². The Hall–Kier alpha value is -1.02. The third-order valence-corrected chi connectivity index (χ3v) is 2.67. The van der Waals surface area contributed by atoms with Crippen molar-refractivity contribution < 1.29 is 5.21 Å². The molecule has 0 radical (unpaired) electrons. The van der Waals surface area contributed by atoms with Crippen LogP contribution in [0.1, 0.15) is 30.9 Å². The second-order valence-electron chi connectivity index (χ2n) is 3.53. The Kier molecular flexibility index (Phi) is 5.19. The number of hydrogen-bond acceptors (Lipinski definition) is 2. The normalized spacial score (nSPS) is 13.2. The highest BCUT2D eigenvalue weighted by atomic mass is 35.5. The van der Waals surface area contributed by atoms with Gasteiger partial charge in [-0.05, 0) is 24.0 Å². The molecule has 0 aliphatic rings. The van der Waals surface area contributed by atoms with Gasteiger partial charge in [0.25, 0.3) is 0 Å². The van der Waals surface area contributed by atoms with E-state index in [0.717, 1.165) is 30.4 Å². The Morgan fingerprint density at radius 1 is 1.47 bits per heavy atom. The van der Waals surface area contributed by atoms with Gasteiger partial charge in [-0.25, -0.2) is 0 Å². The average Bonchev–Trinajstić information content (AvgIpc) is 2.21. The van der Waals surface area contributed by atoms with E-state index in [0.29, 0.717) is 0 Å². The molecule has 0 spiro atoms. The molecule has 15 heavy (non-hydrogen) atoms. The second kappa shape index (κ2) is 6.46. The summed E-state index contributed by atoms with van der Waals surface area (Å²) in [7, 11) is 0. The van der Waals surface area contributed by atoms with E-state index in [1.54, 1.807) is 0 Å². The van der Waals surface area contributed by atoms with E-state index in [1.165, 1.54) is 6.21 Å². The van der Waals surface area contributed by atoms with Gasteiger partial charge in [-0.15, -0.1) is 11.6 Å². The molecule has 0 fully saturated rings. The van der Waals surface area contributed by atoms with Gasteiger partial charge in [-0.1, -0.05) is 42.8 Å². The van der Waals surface area contributed by atoms with Crippen LogP contribution in [0.2, 0.25) is 0 Å². The maximum atomic E-state index is 8.52. The van der Waals surface area contributed by atoms with Crippen molar-refractivity contribution in [3.8, 4) is 0 Å². The monoisotopic (exact) mass is 225 g/mol. The largest absolute Gasteiger partial charge is 0.411 e. The molecule has 1 aromatic rings. The van der Waals surface area contributed by atoms with Crippen LogP contribution in [0.15, 0.2) is 29.4 Å². The minimum atomic E-state index is 0.156. The Labute approximate surface area is 95.6 Å². The quantitative estimate of drug-likeness (QED) is 0.354. The molecule has 1 atom stereocenters. The van der Waals surface area contributed by atoms with E-state index in [-0.39, 0.29) is 5.38 Å². The Morgan fingerprint density at radius 2 is 2.20 bits per heavy atom. The van der Waals surface area contributed by atoms with Crippen molar-refractivity contribution in [2.45, 2.75) is 31.6 Å². The molecule has 0 aliphatic heterocycles. The summed E-state index contributed by atoms with van der Waals surface area (Å²) in [4.78, 5) is 0. The Balaban J connectivity index is 2.74. The van der Waals surface area contributed by atoms with Crippen LogP contribution in [-0.2, 0) is 6.42 Å². The zero-order valence-corrected chi connectivity index (χ0v) is 9.61. The van der Waals surface area contributed by atoms with E-state index < -0.39 is 0 Å². The van der Waals surface area contributed by atoms with Gasteiger partial charge in [-0.3, -0.25) is 0 Å². The molecule has 1 rings (SSSR count). The number of oxime groups is 1. The van der Waals surface area contributed by atoms with Crippen LogP contribution >= 0.6 is 11.6 Å². The predicted molar refractivity (Wildman–Crippen MR) is 64.1 cm³/mol. The number of nitrogens with zero attached hydrogens (tertiary/aromatic N) is 1. The summed E-state index contributed by atoms with van der Waals surface area (Å²) in [5.41, 5.74) is 2.06. The molecular weight excluding hydrogens is 210 g/mol. The molecule has 1 N–H and O–H groups in total. The number of rotatable bonds is 5. The first-order chi connectivity index (χ1) is 7.27. The highest BCUT2D eigenvalue weighted by Gasteiger charge is 2.07. The summed E-state index contributed by atoms with van der Waals surface area (Å²) in [6.07, 6.45) is 4.36. The number of alkyl halides is 1. The summed E-state index contributed by atoms with van der Waals surface area (Å²) in [6, 6.07) is 7.83. The molecule has 1 aromatic carbocycles. The minimum absolute atomic E-state index is 0.156. The summed E-state index contributed by atoms with van der Waals surface area (Å²) >= 11 is 6.18. The smallest absolute Gasteiger partial charge is 0.0736 e. The van der Waals surface area contributed by atoms with Crippen molar-refractivity contribution in [2.75, 3.05) is 0 Å². The summed E-state index contributed by atoms with van der Waals surface area (Å²) in [5, 5.41) is 11.7. The molecule has 0 aromatic heterocycles. The number of halogens is 1. The van der Waals surface area contributed by atoms with Crippen LogP contribution in [0.3, 0.4) is 0 Å². The van der Waals surface area contributed by atoms with Crippen LogP contribution in [0.5, 0.6) is 0 Å². The Morgan fingerprint density at radius 3 is 2.87 bits per heavy atom. The van der Waals surface area contributed by atoms with E-state index in [9.17, 15) is 0 Å². The molecule has 0 bridgehead atoms. The van der Waals surface area contributed by atoms with Crippen LogP contribution in [0.4, 0.5) is 0 Å². The molecule has 0 saturated heterocycles. The average molecular weight is 226 g/mol. The van der Waals surface area contributed by atoms with Crippen LogP contribution in [0, 0.1) is 0 Å². The number of benzene rings is 1. The number of hydrogen-bond donors (Lipinski definition) is 1. The highest BCUT2D eigenvalue weighted by molar-refractivity contribution is 6.20. The SMILES string of the molecule is CCCC(Cl)Cc1ccccc1C=NO. The van der Waals surface area contributed by atoms with Gasteiger partial charge in [-0.2, -0.15) is 0 Å². The first-order valence-electron chi connectivity index (χ1n) is 5.17.